The van der Waals surface area contributed by atoms with Crippen molar-refractivity contribution in [1.29, 1.82) is 0 Å². The zero-order chi connectivity index (χ0) is 15.9. The van der Waals surface area contributed by atoms with Crippen LogP contribution >= 0.6 is 0 Å². The summed E-state index contributed by atoms with van der Waals surface area (Å²) < 4.78 is 14.8. The molecule has 0 aromatic heterocycles. The van der Waals surface area contributed by atoms with Gasteiger partial charge >= 0.3 is 0 Å². The van der Waals surface area contributed by atoms with Crippen molar-refractivity contribution in [3.05, 3.63) is 35.4 Å². The van der Waals surface area contributed by atoms with Crippen LogP contribution in [-0.2, 0) is 19.2 Å². The molecule has 2 amide bonds. The highest BCUT2D eigenvalue weighted by Gasteiger charge is 2.48. The second-order valence-electron chi connectivity index (χ2n) is 5.30. The number of aldehydes is 1. The van der Waals surface area contributed by atoms with Crippen LogP contribution in [0, 0.1) is 0 Å². The van der Waals surface area contributed by atoms with E-state index in [1.165, 1.54) is 6.07 Å². The number of nitrogens with one attached hydrogen (secondary N) is 1. The summed E-state index contributed by atoms with van der Waals surface area (Å²) in [6.45, 7) is 0. The molecule has 0 radical (unpaired) electrons. The fourth-order valence-corrected chi connectivity index (χ4v) is 3.10. The number of nitrogens with zero attached hydrogens (tertiary/aromatic N) is 1. The van der Waals surface area contributed by atoms with Crippen LogP contribution in [0.2, 0.25) is 0 Å². The number of halogens is 1. The number of rotatable bonds is 3. The van der Waals surface area contributed by atoms with Gasteiger partial charge in [-0.05, 0) is 12.0 Å². The highest BCUT2D eigenvalue weighted by molar-refractivity contribution is 6.27. The molecule has 2 aliphatic rings. The molecule has 3 rings (SSSR count). The molecule has 3 unspecified atom stereocenters. The molecule has 1 aromatic rings. The molecule has 1 fully saturated rings. The first-order valence-corrected chi connectivity index (χ1v) is 6.87. The number of alkyl halides is 1. The summed E-state index contributed by atoms with van der Waals surface area (Å²) in [5.74, 6) is -1.88. The summed E-state index contributed by atoms with van der Waals surface area (Å²) in [7, 11) is 0. The first-order chi connectivity index (χ1) is 10.5. The van der Waals surface area contributed by atoms with Crippen molar-refractivity contribution in [2.75, 3.05) is 0 Å². The Hall–Kier alpha value is -2.41. The molecule has 1 aromatic carbocycles. The molecular weight excluding hydrogens is 291 g/mol. The Morgan fingerprint density at radius 1 is 1.27 bits per heavy atom. The molecule has 2 aliphatic heterocycles. The number of carbonyl (C=O) groups is 4. The number of hydrogen-bond donors (Lipinski definition) is 1. The lowest BCUT2D eigenvalue weighted by Gasteiger charge is -2.34. The van der Waals surface area contributed by atoms with Gasteiger partial charge in [0.05, 0.1) is 6.04 Å². The van der Waals surface area contributed by atoms with Crippen molar-refractivity contribution in [2.24, 2.45) is 0 Å². The van der Waals surface area contributed by atoms with Crippen molar-refractivity contribution < 1.29 is 23.6 Å². The van der Waals surface area contributed by atoms with Gasteiger partial charge in [0.1, 0.15) is 6.04 Å². The van der Waals surface area contributed by atoms with Gasteiger partial charge in [0, 0.05) is 12.0 Å². The van der Waals surface area contributed by atoms with Crippen LogP contribution < -0.4 is 5.32 Å². The third-order valence-corrected chi connectivity index (χ3v) is 4.06. The van der Waals surface area contributed by atoms with E-state index in [2.05, 4.69) is 5.32 Å². The largest absolute Gasteiger partial charge is 0.295 e. The Labute approximate surface area is 125 Å². The lowest BCUT2D eigenvalue weighted by molar-refractivity contribution is -0.145. The summed E-state index contributed by atoms with van der Waals surface area (Å²) >= 11 is 0. The standard InChI is InChI=1S/C15H13FN2O4/c16-14-9-4-2-1-3-8(9)13(11(20)7-19)18(14)10-5-6-12(21)17-15(10)22/h1-4,7,10,13-14H,5-6H2,(H,17,21,22). The van der Waals surface area contributed by atoms with Gasteiger partial charge in [-0.25, -0.2) is 9.29 Å². The van der Waals surface area contributed by atoms with E-state index in [1.807, 2.05) is 0 Å². The molecule has 0 spiro atoms. The average Bonchev–Trinajstić information content (AvgIpc) is 2.80. The Bertz CT molecular complexity index is 675. The maximum absolute atomic E-state index is 14.8. The van der Waals surface area contributed by atoms with E-state index in [4.69, 9.17) is 0 Å². The molecule has 0 bridgehead atoms. The topological polar surface area (TPSA) is 83.6 Å². The van der Waals surface area contributed by atoms with E-state index in [1.54, 1.807) is 18.2 Å². The number of Topliss-reactive ketones (excluding diaryl/α,β-unsaturated/α-hetero) is 1. The van der Waals surface area contributed by atoms with Gasteiger partial charge in [0.2, 0.25) is 17.6 Å². The SMILES string of the molecule is O=CC(=O)C1c2ccccc2C(F)N1C1CCC(=O)NC1=O. The zero-order valence-corrected chi connectivity index (χ0v) is 11.5. The van der Waals surface area contributed by atoms with Crippen molar-refractivity contribution >= 4 is 23.9 Å². The maximum atomic E-state index is 14.8. The number of ketones is 1. The lowest BCUT2D eigenvalue weighted by Crippen LogP contribution is -2.53. The van der Waals surface area contributed by atoms with Crippen molar-refractivity contribution in [2.45, 2.75) is 31.2 Å². The molecule has 0 saturated carbocycles. The molecule has 1 saturated heterocycles. The molecule has 2 heterocycles. The van der Waals surface area contributed by atoms with Crippen LogP contribution in [0.5, 0.6) is 0 Å². The quantitative estimate of drug-likeness (QED) is 0.382. The van der Waals surface area contributed by atoms with Crippen LogP contribution in [0.15, 0.2) is 24.3 Å². The fourth-order valence-electron chi connectivity index (χ4n) is 3.10. The number of benzene rings is 1. The van der Waals surface area contributed by atoms with Crippen LogP contribution in [0.3, 0.4) is 0 Å². The Kier molecular flexibility index (Phi) is 3.58. The number of imide groups is 1. The monoisotopic (exact) mass is 304 g/mol. The lowest BCUT2D eigenvalue weighted by atomic mass is 9.99. The first-order valence-electron chi connectivity index (χ1n) is 6.87. The van der Waals surface area contributed by atoms with Gasteiger partial charge in [0.25, 0.3) is 0 Å². The van der Waals surface area contributed by atoms with Crippen LogP contribution in [0.1, 0.15) is 36.3 Å². The summed E-state index contributed by atoms with van der Waals surface area (Å²) in [6, 6.07) is 4.27. The van der Waals surface area contributed by atoms with E-state index < -0.39 is 36.0 Å². The summed E-state index contributed by atoms with van der Waals surface area (Å²) in [6.07, 6.45) is -1.35. The molecular formula is C15H13FN2O4. The van der Waals surface area contributed by atoms with Crippen LogP contribution in [0.4, 0.5) is 4.39 Å². The Morgan fingerprint density at radius 3 is 2.59 bits per heavy atom. The minimum absolute atomic E-state index is 0.0674. The minimum Gasteiger partial charge on any atom is -0.295 e. The maximum Gasteiger partial charge on any atom is 0.244 e. The summed E-state index contributed by atoms with van der Waals surface area (Å²) in [4.78, 5) is 47.2. The average molecular weight is 304 g/mol. The normalized spacial score (nSPS) is 28.1. The second-order valence-corrected chi connectivity index (χ2v) is 5.30. The smallest absolute Gasteiger partial charge is 0.244 e. The number of fused-ring (bicyclic) bond motifs is 1. The molecule has 6 nitrogen and oxygen atoms in total. The van der Waals surface area contributed by atoms with E-state index in [-0.39, 0.29) is 24.7 Å². The first kappa shape index (κ1) is 14.5. The number of hydrogen-bond acceptors (Lipinski definition) is 5. The Morgan fingerprint density at radius 2 is 1.95 bits per heavy atom. The van der Waals surface area contributed by atoms with Gasteiger partial charge in [-0.3, -0.25) is 24.5 Å². The number of amides is 2. The molecule has 0 aliphatic carbocycles. The highest BCUT2D eigenvalue weighted by atomic mass is 19.1. The fraction of sp³-hybridized carbons (Fsp3) is 0.333. The number of carbonyl (C=O) groups excluding carboxylic acids is 4. The molecule has 1 N–H and O–H groups in total. The van der Waals surface area contributed by atoms with Gasteiger partial charge in [-0.2, -0.15) is 0 Å². The second kappa shape index (κ2) is 5.42. The molecule has 7 heteroatoms. The van der Waals surface area contributed by atoms with Crippen molar-refractivity contribution in [3.8, 4) is 0 Å². The molecule has 3 atom stereocenters. The molecule has 114 valence electrons. The highest BCUT2D eigenvalue weighted by Crippen LogP contribution is 2.45. The van der Waals surface area contributed by atoms with Gasteiger partial charge < -0.3 is 0 Å². The van der Waals surface area contributed by atoms with E-state index >= 15 is 0 Å². The zero-order valence-electron chi connectivity index (χ0n) is 11.5. The van der Waals surface area contributed by atoms with E-state index in [0.717, 1.165) is 4.90 Å². The predicted molar refractivity (Wildman–Crippen MR) is 72.1 cm³/mol. The third-order valence-electron chi connectivity index (χ3n) is 4.06. The van der Waals surface area contributed by atoms with Crippen LogP contribution in [0.25, 0.3) is 0 Å². The molecule has 22 heavy (non-hydrogen) atoms. The minimum atomic E-state index is -1.67. The van der Waals surface area contributed by atoms with Gasteiger partial charge in [0.15, 0.2) is 12.6 Å². The van der Waals surface area contributed by atoms with Crippen molar-refractivity contribution in [3.63, 3.8) is 0 Å². The summed E-state index contributed by atoms with van der Waals surface area (Å²) in [5, 5.41) is 2.15. The third kappa shape index (κ3) is 2.14. The number of piperidine rings is 1. The van der Waals surface area contributed by atoms with E-state index in [9.17, 15) is 23.6 Å². The Balaban J connectivity index is 2.03. The van der Waals surface area contributed by atoms with Crippen LogP contribution in [-0.4, -0.2) is 34.8 Å². The van der Waals surface area contributed by atoms with E-state index in [0.29, 0.717) is 5.56 Å². The van der Waals surface area contributed by atoms with Gasteiger partial charge in [-0.15, -0.1) is 0 Å². The van der Waals surface area contributed by atoms with Crippen molar-refractivity contribution in [1.82, 2.24) is 10.2 Å². The predicted octanol–water partition coefficient (Wildman–Crippen LogP) is 0.585. The summed E-state index contributed by atoms with van der Waals surface area (Å²) in [5.41, 5.74) is 0.657. The van der Waals surface area contributed by atoms with Gasteiger partial charge in [-0.1, -0.05) is 24.3 Å².